The highest BCUT2D eigenvalue weighted by atomic mass is 16.5. The maximum Gasteiger partial charge on any atom is 0.256 e. The van der Waals surface area contributed by atoms with Crippen LogP contribution in [-0.4, -0.2) is 29.0 Å². The Bertz CT molecular complexity index is 1090. The van der Waals surface area contributed by atoms with Gasteiger partial charge in [0.25, 0.3) is 5.91 Å². The first-order chi connectivity index (χ1) is 14.5. The van der Waals surface area contributed by atoms with Gasteiger partial charge in [-0.25, -0.2) is 4.98 Å². The molecule has 4 rings (SSSR count). The van der Waals surface area contributed by atoms with Crippen molar-refractivity contribution in [3.8, 4) is 0 Å². The lowest BCUT2D eigenvalue weighted by Crippen LogP contribution is -2.45. The molecule has 1 aliphatic rings. The Morgan fingerprint density at radius 3 is 2.80 bits per heavy atom. The summed E-state index contributed by atoms with van der Waals surface area (Å²) >= 11 is 0. The second-order valence-electron chi connectivity index (χ2n) is 7.30. The molecule has 2 N–H and O–H groups in total. The van der Waals surface area contributed by atoms with Crippen molar-refractivity contribution in [3.63, 3.8) is 0 Å². The van der Waals surface area contributed by atoms with E-state index >= 15 is 0 Å². The molecule has 0 saturated heterocycles. The van der Waals surface area contributed by atoms with Gasteiger partial charge in [0.2, 0.25) is 5.91 Å². The SMILES string of the molecule is Cc1noc(C)c1CCC(=O)Nc1ccccc1[C@@H]1NC(=O)c2cccnc2N1C. The third-order valence-corrected chi connectivity index (χ3v) is 5.33. The van der Waals surface area contributed by atoms with Crippen LogP contribution in [0.3, 0.4) is 0 Å². The summed E-state index contributed by atoms with van der Waals surface area (Å²) in [5.41, 5.74) is 3.73. The van der Waals surface area contributed by atoms with Crippen LogP contribution in [-0.2, 0) is 11.2 Å². The molecule has 8 nitrogen and oxygen atoms in total. The fourth-order valence-corrected chi connectivity index (χ4v) is 3.72. The number of carbonyl (C=O) groups is 2. The molecular weight excluding hydrogens is 382 g/mol. The monoisotopic (exact) mass is 405 g/mol. The van der Waals surface area contributed by atoms with Crippen molar-refractivity contribution in [2.75, 3.05) is 17.3 Å². The lowest BCUT2D eigenvalue weighted by molar-refractivity contribution is -0.116. The van der Waals surface area contributed by atoms with Crippen LogP contribution >= 0.6 is 0 Å². The molecule has 2 aromatic heterocycles. The normalized spacial score (nSPS) is 15.5. The molecule has 0 unspecified atom stereocenters. The second kappa shape index (κ2) is 7.98. The quantitative estimate of drug-likeness (QED) is 0.676. The van der Waals surface area contributed by atoms with Gasteiger partial charge in [-0.2, -0.15) is 0 Å². The minimum atomic E-state index is -0.445. The topological polar surface area (TPSA) is 100 Å². The van der Waals surface area contributed by atoms with E-state index in [9.17, 15) is 9.59 Å². The Kier molecular flexibility index (Phi) is 5.22. The van der Waals surface area contributed by atoms with Crippen molar-refractivity contribution >= 4 is 23.3 Å². The Morgan fingerprint density at radius 1 is 1.23 bits per heavy atom. The number of pyridine rings is 1. The molecule has 0 aliphatic carbocycles. The molecule has 0 bridgehead atoms. The summed E-state index contributed by atoms with van der Waals surface area (Å²) in [6.45, 7) is 3.71. The fourth-order valence-electron chi connectivity index (χ4n) is 3.72. The van der Waals surface area contributed by atoms with Gasteiger partial charge in [-0.3, -0.25) is 9.59 Å². The fraction of sp³-hybridized carbons (Fsp3) is 0.273. The van der Waals surface area contributed by atoms with Crippen molar-refractivity contribution in [3.05, 3.63) is 70.7 Å². The first kappa shape index (κ1) is 19.6. The number of para-hydroxylation sites is 1. The average molecular weight is 405 g/mol. The molecule has 30 heavy (non-hydrogen) atoms. The van der Waals surface area contributed by atoms with E-state index in [0.29, 0.717) is 29.9 Å². The van der Waals surface area contributed by atoms with Gasteiger partial charge in [-0.05, 0) is 38.5 Å². The number of hydrogen-bond acceptors (Lipinski definition) is 6. The van der Waals surface area contributed by atoms with E-state index in [0.717, 1.165) is 22.6 Å². The summed E-state index contributed by atoms with van der Waals surface area (Å²) < 4.78 is 5.16. The average Bonchev–Trinajstić information content (AvgIpc) is 3.07. The van der Waals surface area contributed by atoms with E-state index < -0.39 is 6.17 Å². The number of hydrogen-bond donors (Lipinski definition) is 2. The number of nitrogens with zero attached hydrogens (tertiary/aromatic N) is 3. The summed E-state index contributed by atoms with van der Waals surface area (Å²) in [5.74, 6) is 1.02. The van der Waals surface area contributed by atoms with Gasteiger partial charge in [0.1, 0.15) is 17.7 Å². The highest BCUT2D eigenvalue weighted by Gasteiger charge is 2.31. The van der Waals surface area contributed by atoms with Crippen molar-refractivity contribution < 1.29 is 14.1 Å². The number of amides is 2. The number of carbonyl (C=O) groups excluding carboxylic acids is 2. The molecule has 0 radical (unpaired) electrons. The van der Waals surface area contributed by atoms with Gasteiger partial charge < -0.3 is 20.1 Å². The second-order valence-corrected chi connectivity index (χ2v) is 7.30. The number of benzene rings is 1. The first-order valence-corrected chi connectivity index (χ1v) is 9.75. The van der Waals surface area contributed by atoms with Gasteiger partial charge in [-0.15, -0.1) is 0 Å². The zero-order valence-corrected chi connectivity index (χ0v) is 17.1. The molecule has 0 spiro atoms. The van der Waals surface area contributed by atoms with Crippen molar-refractivity contribution in [2.24, 2.45) is 0 Å². The molecule has 0 fully saturated rings. The molecule has 154 valence electrons. The standard InChI is InChI=1S/C22H23N5O3/c1-13-15(14(2)30-26-13)10-11-19(28)24-18-9-5-4-7-16(18)21-25-22(29)17-8-6-12-23-20(17)27(21)3/h4-9,12,21H,10-11H2,1-3H3,(H,24,28)(H,25,29)/t21-/m1/s1. The van der Waals surface area contributed by atoms with Gasteiger partial charge in [0.05, 0.1) is 11.3 Å². The number of aryl methyl sites for hydroxylation is 2. The summed E-state index contributed by atoms with van der Waals surface area (Å²) in [6.07, 6.45) is 2.06. The van der Waals surface area contributed by atoms with Crippen LogP contribution in [0.25, 0.3) is 0 Å². The van der Waals surface area contributed by atoms with Gasteiger partial charge in [-0.1, -0.05) is 23.4 Å². The van der Waals surface area contributed by atoms with E-state index in [4.69, 9.17) is 4.52 Å². The highest BCUT2D eigenvalue weighted by molar-refractivity contribution is 6.01. The van der Waals surface area contributed by atoms with Crippen molar-refractivity contribution in [1.29, 1.82) is 0 Å². The Hall–Kier alpha value is -3.68. The number of nitrogens with one attached hydrogen (secondary N) is 2. The van der Waals surface area contributed by atoms with E-state index in [1.807, 2.05) is 50.1 Å². The lowest BCUT2D eigenvalue weighted by atomic mass is 10.0. The van der Waals surface area contributed by atoms with Crippen LogP contribution in [0.1, 0.15) is 45.5 Å². The third-order valence-electron chi connectivity index (χ3n) is 5.33. The van der Waals surface area contributed by atoms with E-state index in [-0.39, 0.29) is 11.8 Å². The smallest absolute Gasteiger partial charge is 0.256 e. The maximum absolute atomic E-state index is 12.6. The summed E-state index contributed by atoms with van der Waals surface area (Å²) in [4.78, 5) is 31.4. The van der Waals surface area contributed by atoms with Crippen molar-refractivity contribution in [1.82, 2.24) is 15.5 Å². The van der Waals surface area contributed by atoms with Crippen molar-refractivity contribution in [2.45, 2.75) is 32.9 Å². The van der Waals surface area contributed by atoms with Gasteiger partial charge in [0.15, 0.2) is 0 Å². The predicted octanol–water partition coefficient (Wildman–Crippen LogP) is 3.14. The summed E-state index contributed by atoms with van der Waals surface area (Å²) in [6, 6.07) is 10.9. The minimum absolute atomic E-state index is 0.120. The highest BCUT2D eigenvalue weighted by Crippen LogP contribution is 2.33. The van der Waals surface area contributed by atoms with E-state index in [2.05, 4.69) is 20.8 Å². The van der Waals surface area contributed by atoms with E-state index in [1.165, 1.54) is 0 Å². The number of rotatable bonds is 5. The molecule has 2 amide bonds. The zero-order valence-electron chi connectivity index (χ0n) is 17.1. The maximum atomic E-state index is 12.6. The first-order valence-electron chi connectivity index (χ1n) is 9.75. The van der Waals surface area contributed by atoms with E-state index in [1.54, 1.807) is 18.3 Å². The molecule has 3 heterocycles. The van der Waals surface area contributed by atoms with Crippen LogP contribution in [0.4, 0.5) is 11.5 Å². The lowest BCUT2D eigenvalue weighted by Gasteiger charge is -2.36. The summed E-state index contributed by atoms with van der Waals surface area (Å²) in [7, 11) is 1.87. The molecule has 3 aromatic rings. The van der Waals surface area contributed by atoms with Gasteiger partial charge in [0, 0.05) is 36.5 Å². The summed E-state index contributed by atoms with van der Waals surface area (Å²) in [5, 5.41) is 9.91. The molecular formula is C22H23N5O3. The molecule has 1 aromatic carbocycles. The molecule has 8 heteroatoms. The third kappa shape index (κ3) is 3.63. The number of anilines is 2. The Balaban J connectivity index is 1.53. The molecule has 1 atom stereocenters. The van der Waals surface area contributed by atoms with Crippen LogP contribution in [0.5, 0.6) is 0 Å². The zero-order chi connectivity index (χ0) is 21.3. The van der Waals surface area contributed by atoms with Gasteiger partial charge >= 0.3 is 0 Å². The number of fused-ring (bicyclic) bond motifs is 1. The molecule has 1 aliphatic heterocycles. The van der Waals surface area contributed by atoms with Crippen LogP contribution in [0.15, 0.2) is 47.1 Å². The predicted molar refractivity (Wildman–Crippen MR) is 112 cm³/mol. The van der Waals surface area contributed by atoms with Crippen LogP contribution < -0.4 is 15.5 Å². The largest absolute Gasteiger partial charge is 0.361 e. The Labute approximate surface area is 174 Å². The van der Waals surface area contributed by atoms with Crippen LogP contribution in [0, 0.1) is 13.8 Å². The number of aromatic nitrogens is 2. The molecule has 0 saturated carbocycles. The van der Waals surface area contributed by atoms with Crippen LogP contribution in [0.2, 0.25) is 0 Å². The minimum Gasteiger partial charge on any atom is -0.361 e. The Morgan fingerprint density at radius 2 is 2.03 bits per heavy atom.